The van der Waals surface area contributed by atoms with Crippen molar-refractivity contribution >= 4 is 80.9 Å². The van der Waals surface area contributed by atoms with Crippen molar-refractivity contribution < 1.29 is 0 Å². The van der Waals surface area contributed by atoms with Gasteiger partial charge in [-0.3, -0.25) is 0 Å². The van der Waals surface area contributed by atoms with E-state index >= 15 is 0 Å². The first-order valence-electron chi connectivity index (χ1n) is 21.2. The van der Waals surface area contributed by atoms with E-state index < -0.39 is 0 Å². The standard InChI is InChI=1S/C60H39NS/c1-3-19-51-41(12-1)14-11-24-52(51)46-17-9-15-43(36-46)44-16-10-18-50(37-44)61(48-31-26-40(27-32-48)45-30-35-57-56-23-7-8-25-59(56)62-60(57)39-45)49-33-28-42(29-34-49)58-38-47-13-2-4-20-53(47)54-21-5-6-22-55(54)58/h1-39H. The van der Waals surface area contributed by atoms with Crippen LogP contribution in [-0.2, 0) is 0 Å². The number of hydrogen-bond donors (Lipinski definition) is 0. The van der Waals surface area contributed by atoms with Gasteiger partial charge in [0, 0.05) is 37.2 Å². The lowest BCUT2D eigenvalue weighted by molar-refractivity contribution is 1.28. The Balaban J connectivity index is 0.955. The van der Waals surface area contributed by atoms with Crippen LogP contribution in [0.3, 0.4) is 0 Å². The molecule has 1 nitrogen and oxygen atoms in total. The van der Waals surface area contributed by atoms with E-state index in [-0.39, 0.29) is 0 Å². The second-order valence-electron chi connectivity index (χ2n) is 16.1. The maximum Gasteiger partial charge on any atom is 0.0467 e. The molecule has 0 atom stereocenters. The molecule has 290 valence electrons. The smallest absolute Gasteiger partial charge is 0.0467 e. The van der Waals surface area contributed by atoms with Crippen LogP contribution in [0.4, 0.5) is 17.1 Å². The van der Waals surface area contributed by atoms with Crippen molar-refractivity contribution in [2.45, 2.75) is 0 Å². The van der Waals surface area contributed by atoms with Gasteiger partial charge in [0.2, 0.25) is 0 Å². The van der Waals surface area contributed by atoms with Crippen molar-refractivity contribution in [1.29, 1.82) is 0 Å². The average Bonchev–Trinajstić information content (AvgIpc) is 3.72. The summed E-state index contributed by atoms with van der Waals surface area (Å²) >= 11 is 1.86. The van der Waals surface area contributed by atoms with Gasteiger partial charge in [0.25, 0.3) is 0 Å². The van der Waals surface area contributed by atoms with E-state index in [1.165, 1.54) is 97.0 Å². The molecule has 62 heavy (non-hydrogen) atoms. The predicted molar refractivity (Wildman–Crippen MR) is 268 cm³/mol. The lowest BCUT2D eigenvalue weighted by Crippen LogP contribution is -2.10. The summed E-state index contributed by atoms with van der Waals surface area (Å²) in [5.74, 6) is 0. The van der Waals surface area contributed by atoms with Crippen molar-refractivity contribution in [3.8, 4) is 44.5 Å². The fraction of sp³-hybridized carbons (Fsp3) is 0. The van der Waals surface area contributed by atoms with E-state index in [1.54, 1.807) is 0 Å². The Hall–Kier alpha value is -7.78. The van der Waals surface area contributed by atoms with Crippen molar-refractivity contribution in [2.75, 3.05) is 4.90 Å². The second-order valence-corrected chi connectivity index (χ2v) is 17.2. The number of anilines is 3. The highest BCUT2D eigenvalue weighted by atomic mass is 32.1. The number of benzene rings is 11. The number of nitrogens with zero attached hydrogens (tertiary/aromatic N) is 1. The van der Waals surface area contributed by atoms with Crippen LogP contribution < -0.4 is 4.90 Å². The SMILES string of the molecule is c1cc(-c2cccc(N(c3ccc(-c4ccc5c(c4)sc4ccccc45)cc3)c3ccc(-c4cc5ccccc5c5ccccc45)cc3)c2)cc(-c2cccc3ccccc23)c1. The number of rotatable bonds is 7. The lowest BCUT2D eigenvalue weighted by Gasteiger charge is -2.26. The molecule has 0 fully saturated rings. The minimum Gasteiger partial charge on any atom is -0.310 e. The normalized spacial score (nSPS) is 11.5. The molecule has 0 unspecified atom stereocenters. The lowest BCUT2D eigenvalue weighted by atomic mass is 9.93. The zero-order valence-electron chi connectivity index (χ0n) is 33.9. The fourth-order valence-electron chi connectivity index (χ4n) is 9.41. The summed E-state index contributed by atoms with van der Waals surface area (Å²) in [6, 6.07) is 86.7. The van der Waals surface area contributed by atoms with Crippen molar-refractivity contribution in [1.82, 2.24) is 0 Å². The molecule has 0 aliphatic rings. The van der Waals surface area contributed by atoms with Crippen LogP contribution in [0, 0.1) is 0 Å². The van der Waals surface area contributed by atoms with Crippen LogP contribution in [0.5, 0.6) is 0 Å². The van der Waals surface area contributed by atoms with E-state index in [9.17, 15) is 0 Å². The summed E-state index contributed by atoms with van der Waals surface area (Å²) in [6.45, 7) is 0. The van der Waals surface area contributed by atoms with E-state index in [0.29, 0.717) is 0 Å². The zero-order chi connectivity index (χ0) is 41.0. The van der Waals surface area contributed by atoms with Gasteiger partial charge in [-0.15, -0.1) is 11.3 Å². The van der Waals surface area contributed by atoms with Gasteiger partial charge in [0.1, 0.15) is 0 Å². The molecule has 11 aromatic carbocycles. The van der Waals surface area contributed by atoms with Crippen molar-refractivity contribution in [2.24, 2.45) is 0 Å². The zero-order valence-corrected chi connectivity index (χ0v) is 34.7. The molecule has 0 radical (unpaired) electrons. The molecular formula is C60H39NS. The van der Waals surface area contributed by atoms with E-state index in [0.717, 1.165) is 17.1 Å². The molecule has 1 heterocycles. The first kappa shape index (κ1) is 36.1. The Morgan fingerprint density at radius 1 is 0.242 bits per heavy atom. The van der Waals surface area contributed by atoms with Gasteiger partial charge >= 0.3 is 0 Å². The van der Waals surface area contributed by atoms with Crippen LogP contribution >= 0.6 is 11.3 Å². The third kappa shape index (κ3) is 6.32. The molecule has 0 bridgehead atoms. The molecular weight excluding hydrogens is 767 g/mol. The summed E-state index contributed by atoms with van der Waals surface area (Å²) in [6.07, 6.45) is 0. The van der Waals surface area contributed by atoms with Gasteiger partial charge in [-0.05, 0) is 137 Å². The van der Waals surface area contributed by atoms with Crippen LogP contribution in [0.15, 0.2) is 237 Å². The summed E-state index contributed by atoms with van der Waals surface area (Å²) in [4.78, 5) is 2.39. The molecule has 12 aromatic rings. The van der Waals surface area contributed by atoms with Gasteiger partial charge in [0.05, 0.1) is 0 Å². The highest BCUT2D eigenvalue weighted by Gasteiger charge is 2.17. The Morgan fingerprint density at radius 3 is 1.60 bits per heavy atom. The van der Waals surface area contributed by atoms with Crippen LogP contribution in [0.25, 0.3) is 97.0 Å². The van der Waals surface area contributed by atoms with Gasteiger partial charge in [-0.1, -0.05) is 176 Å². The quantitative estimate of drug-likeness (QED) is 0.145. The molecule has 0 saturated carbocycles. The monoisotopic (exact) mass is 805 g/mol. The molecule has 0 aliphatic carbocycles. The molecule has 0 saturated heterocycles. The third-order valence-corrected chi connectivity index (χ3v) is 13.6. The molecule has 0 N–H and O–H groups in total. The largest absolute Gasteiger partial charge is 0.310 e. The molecule has 2 heteroatoms. The summed E-state index contributed by atoms with van der Waals surface area (Å²) < 4.78 is 2.64. The van der Waals surface area contributed by atoms with Gasteiger partial charge in [-0.25, -0.2) is 0 Å². The predicted octanol–water partition coefficient (Wildman–Crippen LogP) is 17.7. The van der Waals surface area contributed by atoms with Crippen molar-refractivity contribution in [3.05, 3.63) is 237 Å². The van der Waals surface area contributed by atoms with Crippen LogP contribution in [0.1, 0.15) is 0 Å². The number of thiophene rings is 1. The van der Waals surface area contributed by atoms with E-state index in [2.05, 4.69) is 241 Å². The average molecular weight is 806 g/mol. The van der Waals surface area contributed by atoms with Gasteiger partial charge in [-0.2, -0.15) is 0 Å². The molecule has 0 aliphatic heterocycles. The Kier molecular flexibility index (Phi) is 8.76. The second kappa shape index (κ2) is 15.0. The van der Waals surface area contributed by atoms with Gasteiger partial charge < -0.3 is 4.90 Å². The van der Waals surface area contributed by atoms with Crippen LogP contribution in [0.2, 0.25) is 0 Å². The molecule has 1 aromatic heterocycles. The topological polar surface area (TPSA) is 3.24 Å². The van der Waals surface area contributed by atoms with Crippen LogP contribution in [-0.4, -0.2) is 0 Å². The van der Waals surface area contributed by atoms with E-state index in [1.807, 2.05) is 11.3 Å². The Bertz CT molecular complexity index is 3630. The highest BCUT2D eigenvalue weighted by molar-refractivity contribution is 7.25. The molecule has 12 rings (SSSR count). The van der Waals surface area contributed by atoms with Gasteiger partial charge in [0.15, 0.2) is 0 Å². The van der Waals surface area contributed by atoms with Crippen molar-refractivity contribution in [3.63, 3.8) is 0 Å². The summed E-state index contributed by atoms with van der Waals surface area (Å²) in [7, 11) is 0. The maximum atomic E-state index is 2.39. The minimum atomic E-state index is 1.10. The summed E-state index contributed by atoms with van der Waals surface area (Å²) in [5, 5.41) is 10.2. The van der Waals surface area contributed by atoms with E-state index in [4.69, 9.17) is 0 Å². The summed E-state index contributed by atoms with van der Waals surface area (Å²) in [5.41, 5.74) is 13.0. The minimum absolute atomic E-state index is 1.10. The Labute approximate surface area is 365 Å². The number of fused-ring (bicyclic) bond motifs is 7. The first-order chi connectivity index (χ1) is 30.7. The fourth-order valence-corrected chi connectivity index (χ4v) is 10.6. The maximum absolute atomic E-state index is 2.39. The molecule has 0 amide bonds. The first-order valence-corrected chi connectivity index (χ1v) is 22.0. The Morgan fingerprint density at radius 2 is 0.790 bits per heavy atom. The molecule has 0 spiro atoms. The highest BCUT2D eigenvalue weighted by Crippen LogP contribution is 2.42. The number of hydrogen-bond acceptors (Lipinski definition) is 2. The third-order valence-electron chi connectivity index (χ3n) is 12.4.